The van der Waals surface area contributed by atoms with Crippen LogP contribution < -0.4 is 11.1 Å². The summed E-state index contributed by atoms with van der Waals surface area (Å²) in [6.45, 7) is 3.20. The van der Waals surface area contributed by atoms with Crippen LogP contribution in [0.15, 0.2) is 0 Å². The van der Waals surface area contributed by atoms with Crippen molar-refractivity contribution in [1.29, 1.82) is 0 Å². The van der Waals surface area contributed by atoms with Crippen molar-refractivity contribution < 1.29 is 4.79 Å². The minimum atomic E-state index is -0.0203. The van der Waals surface area contributed by atoms with Crippen LogP contribution >= 0.6 is 0 Å². The molecule has 0 aromatic carbocycles. The van der Waals surface area contributed by atoms with Crippen LogP contribution in [0.2, 0.25) is 0 Å². The smallest absolute Gasteiger partial charge is 0.233 e. The summed E-state index contributed by atoms with van der Waals surface area (Å²) in [5.74, 6) is 1.61. The Morgan fingerprint density at radius 1 is 1.25 bits per heavy atom. The highest BCUT2D eigenvalue weighted by molar-refractivity contribution is 5.77. The van der Waals surface area contributed by atoms with Crippen LogP contribution in [0.25, 0.3) is 0 Å². The molecule has 1 fully saturated rings. The predicted octanol–water partition coefficient (Wildman–Crippen LogP) is 2.06. The van der Waals surface area contributed by atoms with E-state index in [9.17, 15) is 4.79 Å². The Hall–Kier alpha value is -0.570. The Bertz CT molecular complexity index is 198. The number of unbranched alkanes of at least 4 members (excludes halogenated alkanes) is 1. The molecule has 0 unspecified atom stereocenters. The second-order valence-corrected chi connectivity index (χ2v) is 5.04. The molecule has 0 radical (unpaired) electrons. The van der Waals surface area contributed by atoms with Gasteiger partial charge in [0.05, 0.1) is 6.54 Å². The summed E-state index contributed by atoms with van der Waals surface area (Å²) in [4.78, 5) is 11.0. The number of amides is 1. The lowest BCUT2D eigenvalue weighted by molar-refractivity contribution is -0.119. The van der Waals surface area contributed by atoms with Crippen molar-refractivity contribution in [2.24, 2.45) is 17.6 Å². The van der Waals surface area contributed by atoms with Crippen LogP contribution in [0.5, 0.6) is 0 Å². The van der Waals surface area contributed by atoms with Crippen LogP contribution in [-0.2, 0) is 4.79 Å². The number of hydrogen-bond donors (Lipinski definition) is 2. The lowest BCUT2D eigenvalue weighted by atomic mass is 9.80. The molecule has 94 valence electrons. The van der Waals surface area contributed by atoms with Crippen LogP contribution in [0.1, 0.15) is 51.9 Å². The molecule has 0 atom stereocenters. The molecule has 3 heteroatoms. The summed E-state index contributed by atoms with van der Waals surface area (Å²) in [7, 11) is 0. The summed E-state index contributed by atoms with van der Waals surface area (Å²) in [5.41, 5.74) is 5.25. The minimum absolute atomic E-state index is 0.0203. The van der Waals surface area contributed by atoms with Crippen LogP contribution in [0.4, 0.5) is 0 Å². The number of carbonyl (C=O) groups is 1. The van der Waals surface area contributed by atoms with E-state index in [0.717, 1.165) is 12.5 Å². The van der Waals surface area contributed by atoms with Gasteiger partial charge in [-0.15, -0.1) is 0 Å². The zero-order valence-corrected chi connectivity index (χ0v) is 10.5. The van der Waals surface area contributed by atoms with Gasteiger partial charge in [0, 0.05) is 6.54 Å². The number of nitrogens with one attached hydrogen (secondary N) is 1. The summed E-state index contributed by atoms with van der Waals surface area (Å²) >= 11 is 0. The van der Waals surface area contributed by atoms with Gasteiger partial charge in [-0.25, -0.2) is 0 Å². The van der Waals surface area contributed by atoms with Gasteiger partial charge in [0.2, 0.25) is 5.91 Å². The Kier molecular flexibility index (Phi) is 6.46. The summed E-state index contributed by atoms with van der Waals surface area (Å²) in [6.07, 6.45) is 9.34. The minimum Gasteiger partial charge on any atom is -0.355 e. The Balaban J connectivity index is 2.09. The molecule has 0 aliphatic heterocycles. The molecule has 1 saturated carbocycles. The van der Waals surface area contributed by atoms with Crippen molar-refractivity contribution in [3.8, 4) is 0 Å². The molecule has 3 N–H and O–H groups in total. The van der Waals surface area contributed by atoms with Gasteiger partial charge in [0.15, 0.2) is 0 Å². The molecule has 1 aliphatic carbocycles. The van der Waals surface area contributed by atoms with E-state index >= 15 is 0 Å². The van der Waals surface area contributed by atoms with Crippen molar-refractivity contribution in [1.82, 2.24) is 5.32 Å². The Morgan fingerprint density at radius 3 is 2.44 bits per heavy atom. The molecular formula is C13H26N2O. The van der Waals surface area contributed by atoms with E-state index in [1.54, 1.807) is 0 Å². The lowest BCUT2D eigenvalue weighted by Gasteiger charge is -2.28. The van der Waals surface area contributed by atoms with Crippen LogP contribution in [0, 0.1) is 11.8 Å². The first-order chi connectivity index (χ1) is 7.76. The first-order valence-electron chi connectivity index (χ1n) is 6.73. The van der Waals surface area contributed by atoms with Gasteiger partial charge < -0.3 is 11.1 Å². The topological polar surface area (TPSA) is 55.1 Å². The standard InChI is InChI=1S/C13H26N2O/c1-2-3-4-11-5-7-12(8-6-11)10-15-13(16)9-14/h11-12H,2-10,14H2,1H3,(H,15,16). The Labute approximate surface area is 99.2 Å². The van der Waals surface area contributed by atoms with Crippen molar-refractivity contribution in [2.75, 3.05) is 13.1 Å². The number of nitrogens with two attached hydrogens (primary N) is 1. The summed E-state index contributed by atoms with van der Waals surface area (Å²) in [6, 6.07) is 0. The SMILES string of the molecule is CCCCC1CCC(CNC(=O)CN)CC1. The van der Waals surface area contributed by atoms with Crippen LogP contribution in [0.3, 0.4) is 0 Å². The number of hydrogen-bond acceptors (Lipinski definition) is 2. The fraction of sp³-hybridized carbons (Fsp3) is 0.923. The zero-order valence-electron chi connectivity index (χ0n) is 10.5. The van der Waals surface area contributed by atoms with Gasteiger partial charge in [0.1, 0.15) is 0 Å². The van der Waals surface area contributed by atoms with E-state index < -0.39 is 0 Å². The normalized spacial score (nSPS) is 25.4. The average molecular weight is 226 g/mol. The largest absolute Gasteiger partial charge is 0.355 e. The summed E-state index contributed by atoms with van der Waals surface area (Å²) < 4.78 is 0. The maximum Gasteiger partial charge on any atom is 0.233 e. The van der Waals surface area contributed by atoms with Crippen molar-refractivity contribution in [2.45, 2.75) is 51.9 Å². The second-order valence-electron chi connectivity index (χ2n) is 5.04. The second kappa shape index (κ2) is 7.66. The fourth-order valence-corrected chi connectivity index (χ4v) is 2.55. The first kappa shape index (κ1) is 13.5. The molecule has 0 heterocycles. The van der Waals surface area contributed by atoms with Gasteiger partial charge >= 0.3 is 0 Å². The maximum atomic E-state index is 11.0. The van der Waals surface area contributed by atoms with Gasteiger partial charge in [-0.1, -0.05) is 39.0 Å². The first-order valence-corrected chi connectivity index (χ1v) is 6.73. The third-order valence-electron chi connectivity index (χ3n) is 3.71. The molecule has 0 saturated heterocycles. The van der Waals surface area contributed by atoms with Crippen LogP contribution in [-0.4, -0.2) is 19.0 Å². The van der Waals surface area contributed by atoms with E-state index in [2.05, 4.69) is 12.2 Å². The van der Waals surface area contributed by atoms with Gasteiger partial charge in [0.25, 0.3) is 0 Å². The van der Waals surface area contributed by atoms with E-state index in [4.69, 9.17) is 5.73 Å². The molecule has 0 aromatic heterocycles. The average Bonchev–Trinajstić information content (AvgIpc) is 2.34. The third kappa shape index (κ3) is 4.97. The highest BCUT2D eigenvalue weighted by Gasteiger charge is 2.20. The molecule has 0 aromatic rings. The molecule has 1 rings (SSSR count). The molecule has 0 bridgehead atoms. The maximum absolute atomic E-state index is 11.0. The molecule has 16 heavy (non-hydrogen) atoms. The number of carbonyl (C=O) groups excluding carboxylic acids is 1. The highest BCUT2D eigenvalue weighted by atomic mass is 16.1. The molecule has 1 aliphatic rings. The molecular weight excluding hydrogens is 200 g/mol. The van der Waals surface area contributed by atoms with Crippen molar-refractivity contribution in [3.63, 3.8) is 0 Å². The van der Waals surface area contributed by atoms with Gasteiger partial charge in [-0.05, 0) is 24.7 Å². The van der Waals surface area contributed by atoms with E-state index in [-0.39, 0.29) is 12.5 Å². The monoisotopic (exact) mass is 226 g/mol. The number of rotatable bonds is 6. The van der Waals surface area contributed by atoms with Gasteiger partial charge in [-0.3, -0.25) is 4.79 Å². The van der Waals surface area contributed by atoms with Crippen molar-refractivity contribution in [3.05, 3.63) is 0 Å². The predicted molar refractivity (Wildman–Crippen MR) is 67.0 cm³/mol. The lowest BCUT2D eigenvalue weighted by Crippen LogP contribution is -2.35. The van der Waals surface area contributed by atoms with Gasteiger partial charge in [-0.2, -0.15) is 0 Å². The van der Waals surface area contributed by atoms with Crippen molar-refractivity contribution >= 4 is 5.91 Å². The van der Waals surface area contributed by atoms with E-state index in [1.807, 2.05) is 0 Å². The molecule has 0 spiro atoms. The fourth-order valence-electron chi connectivity index (χ4n) is 2.55. The van der Waals surface area contributed by atoms with E-state index in [0.29, 0.717) is 5.92 Å². The molecule has 3 nitrogen and oxygen atoms in total. The quantitative estimate of drug-likeness (QED) is 0.728. The van der Waals surface area contributed by atoms with E-state index in [1.165, 1.54) is 44.9 Å². The third-order valence-corrected chi connectivity index (χ3v) is 3.71. The zero-order chi connectivity index (χ0) is 11.8. The molecule has 1 amide bonds. The Morgan fingerprint density at radius 2 is 1.88 bits per heavy atom. The highest BCUT2D eigenvalue weighted by Crippen LogP contribution is 2.31. The summed E-state index contributed by atoms with van der Waals surface area (Å²) in [5, 5.41) is 2.90.